The van der Waals surface area contributed by atoms with Gasteiger partial charge >= 0.3 is 6.18 Å². The molecule has 0 unspecified atom stereocenters. The lowest BCUT2D eigenvalue weighted by atomic mass is 9.81. The van der Waals surface area contributed by atoms with Gasteiger partial charge in [-0.2, -0.15) is 18.3 Å². The zero-order valence-corrected chi connectivity index (χ0v) is 21.2. The highest BCUT2D eigenvalue weighted by Crippen LogP contribution is 2.36. The van der Waals surface area contributed by atoms with Gasteiger partial charge in [0.15, 0.2) is 5.69 Å². The van der Waals surface area contributed by atoms with Gasteiger partial charge in [0.2, 0.25) is 17.7 Å². The average molecular weight is 555 g/mol. The first-order valence-corrected chi connectivity index (χ1v) is 12.4. The number of hydrogen-bond donors (Lipinski definition) is 2. The maximum Gasteiger partial charge on any atom is 0.435 e. The van der Waals surface area contributed by atoms with Crippen molar-refractivity contribution >= 4 is 11.8 Å². The first-order chi connectivity index (χ1) is 18.4. The number of aromatic nitrogens is 4. The molecule has 0 saturated heterocycles. The van der Waals surface area contributed by atoms with E-state index in [1.807, 2.05) is 13.8 Å². The van der Waals surface area contributed by atoms with Crippen LogP contribution < -0.4 is 10.6 Å². The molecule has 0 aliphatic heterocycles. The van der Waals surface area contributed by atoms with Gasteiger partial charge in [-0.25, -0.2) is 13.5 Å². The SMILES string of the molecule is CC(C)c1nnc(C2CCC(C(=O)NCCNC(=O)c3cn(-c4cc(F)cc(F)c4)nc3C(F)(F)F)CC2)o1. The third-order valence-electron chi connectivity index (χ3n) is 6.45. The lowest BCUT2D eigenvalue weighted by Crippen LogP contribution is -2.38. The van der Waals surface area contributed by atoms with E-state index >= 15 is 0 Å². The molecular formula is C25H27F5N6O3. The van der Waals surface area contributed by atoms with Gasteiger partial charge in [-0.15, -0.1) is 10.2 Å². The van der Waals surface area contributed by atoms with Crippen molar-refractivity contribution in [2.45, 2.75) is 57.5 Å². The maximum absolute atomic E-state index is 13.5. The van der Waals surface area contributed by atoms with Crippen LogP contribution in [0, 0.1) is 17.6 Å². The molecule has 0 spiro atoms. The van der Waals surface area contributed by atoms with Crippen LogP contribution in [-0.2, 0) is 11.0 Å². The Labute approximate surface area is 220 Å². The van der Waals surface area contributed by atoms with Crippen LogP contribution in [-0.4, -0.2) is 44.9 Å². The molecule has 3 aromatic rings. The minimum atomic E-state index is -4.99. The van der Waals surface area contributed by atoms with E-state index < -0.39 is 35.0 Å². The van der Waals surface area contributed by atoms with Crippen LogP contribution in [0.15, 0.2) is 28.8 Å². The Morgan fingerprint density at radius 2 is 1.67 bits per heavy atom. The third-order valence-corrected chi connectivity index (χ3v) is 6.45. The molecule has 4 rings (SSSR count). The van der Waals surface area contributed by atoms with E-state index in [9.17, 15) is 31.5 Å². The Morgan fingerprint density at radius 3 is 2.26 bits per heavy atom. The molecule has 210 valence electrons. The summed E-state index contributed by atoms with van der Waals surface area (Å²) >= 11 is 0. The predicted molar refractivity (Wildman–Crippen MR) is 127 cm³/mol. The fraction of sp³-hybridized carbons (Fsp3) is 0.480. The predicted octanol–water partition coefficient (Wildman–Crippen LogP) is 4.50. The number of nitrogens with zero attached hydrogens (tertiary/aromatic N) is 4. The molecule has 2 amide bonds. The molecule has 2 N–H and O–H groups in total. The van der Waals surface area contributed by atoms with E-state index in [0.29, 0.717) is 48.2 Å². The van der Waals surface area contributed by atoms with Crippen LogP contribution in [0.5, 0.6) is 0 Å². The summed E-state index contributed by atoms with van der Waals surface area (Å²) < 4.78 is 73.8. The van der Waals surface area contributed by atoms with Gasteiger partial charge in [0.1, 0.15) is 11.6 Å². The Balaban J connectivity index is 1.29. The molecule has 0 bridgehead atoms. The second-order valence-corrected chi connectivity index (χ2v) is 9.69. The van der Waals surface area contributed by atoms with Crippen LogP contribution in [0.1, 0.15) is 79.2 Å². The zero-order valence-electron chi connectivity index (χ0n) is 21.2. The normalized spacial score (nSPS) is 17.8. The summed E-state index contributed by atoms with van der Waals surface area (Å²) in [7, 11) is 0. The lowest BCUT2D eigenvalue weighted by molar-refractivity contribution is -0.141. The summed E-state index contributed by atoms with van der Waals surface area (Å²) in [5.74, 6) is -2.23. The highest BCUT2D eigenvalue weighted by Gasteiger charge is 2.39. The van der Waals surface area contributed by atoms with Gasteiger partial charge in [0.25, 0.3) is 5.91 Å². The number of carbonyl (C=O) groups excluding carboxylic acids is 2. The van der Waals surface area contributed by atoms with E-state index in [-0.39, 0.29) is 42.4 Å². The topological polar surface area (TPSA) is 115 Å². The fourth-order valence-electron chi connectivity index (χ4n) is 4.40. The Bertz CT molecular complexity index is 1310. The summed E-state index contributed by atoms with van der Waals surface area (Å²) in [4.78, 5) is 25.1. The monoisotopic (exact) mass is 554 g/mol. The van der Waals surface area contributed by atoms with Crippen LogP contribution in [0.4, 0.5) is 22.0 Å². The Kier molecular flexibility index (Phi) is 8.31. The largest absolute Gasteiger partial charge is 0.435 e. The van der Waals surface area contributed by atoms with Gasteiger partial charge < -0.3 is 15.1 Å². The molecule has 1 fully saturated rings. The molecule has 2 aromatic heterocycles. The van der Waals surface area contributed by atoms with Gasteiger partial charge in [-0.1, -0.05) is 13.8 Å². The van der Waals surface area contributed by atoms with Crippen molar-refractivity contribution in [2.75, 3.05) is 13.1 Å². The summed E-state index contributed by atoms with van der Waals surface area (Å²) in [6.07, 6.45) is -1.62. The molecule has 1 aliphatic rings. The summed E-state index contributed by atoms with van der Waals surface area (Å²) in [5.41, 5.74) is -2.65. The van der Waals surface area contributed by atoms with Gasteiger partial charge in [-0.3, -0.25) is 9.59 Å². The smallest absolute Gasteiger partial charge is 0.425 e. The van der Waals surface area contributed by atoms with Crippen LogP contribution in [0.3, 0.4) is 0 Å². The number of hydrogen-bond acceptors (Lipinski definition) is 6. The minimum absolute atomic E-state index is 0.00347. The second-order valence-electron chi connectivity index (χ2n) is 9.69. The second kappa shape index (κ2) is 11.5. The quantitative estimate of drug-likeness (QED) is 0.313. The summed E-state index contributed by atoms with van der Waals surface area (Å²) in [6, 6.07) is 2.12. The van der Waals surface area contributed by atoms with Crippen molar-refractivity contribution < 1.29 is 36.0 Å². The highest BCUT2D eigenvalue weighted by atomic mass is 19.4. The number of halogens is 5. The van der Waals surface area contributed by atoms with E-state index in [2.05, 4.69) is 25.9 Å². The van der Waals surface area contributed by atoms with Gasteiger partial charge in [-0.05, 0) is 37.8 Å². The number of carbonyl (C=O) groups is 2. The third kappa shape index (κ3) is 6.79. The highest BCUT2D eigenvalue weighted by molar-refractivity contribution is 5.95. The molecule has 9 nitrogen and oxygen atoms in total. The summed E-state index contributed by atoms with van der Waals surface area (Å²) in [6.45, 7) is 3.77. The molecule has 1 aliphatic carbocycles. The molecule has 0 atom stereocenters. The first-order valence-electron chi connectivity index (χ1n) is 12.4. The average Bonchev–Trinajstić information content (AvgIpc) is 3.54. The van der Waals surface area contributed by atoms with Crippen molar-refractivity contribution in [3.8, 4) is 5.69 Å². The number of benzene rings is 1. The molecule has 39 heavy (non-hydrogen) atoms. The van der Waals surface area contributed by atoms with Crippen molar-refractivity contribution in [3.05, 3.63) is 59.1 Å². The van der Waals surface area contributed by atoms with Crippen molar-refractivity contribution in [1.29, 1.82) is 0 Å². The standard InChI is InChI=1S/C25H27F5N6O3/c1-13(2)23-33-34-24(39-23)15-5-3-14(4-6-15)21(37)31-7-8-32-22(38)19-12-36(35-20(19)25(28,29)30)18-10-16(26)9-17(27)11-18/h9-15H,3-8H2,1-2H3,(H,31,37)(H,32,38). The lowest BCUT2D eigenvalue weighted by Gasteiger charge is -2.25. The number of rotatable bonds is 8. The summed E-state index contributed by atoms with van der Waals surface area (Å²) in [5, 5.41) is 16.5. The van der Waals surface area contributed by atoms with Gasteiger partial charge in [0, 0.05) is 43.1 Å². The van der Waals surface area contributed by atoms with Crippen molar-refractivity contribution in [2.24, 2.45) is 5.92 Å². The van der Waals surface area contributed by atoms with E-state index in [1.54, 1.807) is 0 Å². The first kappa shape index (κ1) is 28.2. The van der Waals surface area contributed by atoms with Crippen molar-refractivity contribution in [3.63, 3.8) is 0 Å². The van der Waals surface area contributed by atoms with Crippen molar-refractivity contribution in [1.82, 2.24) is 30.6 Å². The van der Waals surface area contributed by atoms with Crippen LogP contribution in [0.2, 0.25) is 0 Å². The number of amides is 2. The number of nitrogens with one attached hydrogen (secondary N) is 2. The Hall–Kier alpha value is -3.84. The van der Waals surface area contributed by atoms with E-state index in [1.165, 1.54) is 0 Å². The molecule has 1 saturated carbocycles. The number of alkyl halides is 3. The minimum Gasteiger partial charge on any atom is -0.425 e. The van der Waals surface area contributed by atoms with Gasteiger partial charge in [0.05, 0.1) is 11.3 Å². The Morgan fingerprint density at radius 1 is 1.03 bits per heavy atom. The molecule has 2 heterocycles. The van der Waals surface area contributed by atoms with Crippen LogP contribution in [0.25, 0.3) is 5.69 Å². The molecule has 14 heteroatoms. The van der Waals surface area contributed by atoms with E-state index in [4.69, 9.17) is 4.42 Å². The fourth-order valence-corrected chi connectivity index (χ4v) is 4.40. The molecule has 1 aromatic carbocycles. The van der Waals surface area contributed by atoms with Crippen LogP contribution >= 0.6 is 0 Å². The molecule has 0 radical (unpaired) electrons. The zero-order chi connectivity index (χ0) is 28.3. The molecular weight excluding hydrogens is 527 g/mol. The maximum atomic E-state index is 13.5. The van der Waals surface area contributed by atoms with E-state index in [0.717, 1.165) is 18.3 Å².